The van der Waals surface area contributed by atoms with E-state index in [-0.39, 0.29) is 18.0 Å². The van der Waals surface area contributed by atoms with Gasteiger partial charge in [-0.3, -0.25) is 4.79 Å². The summed E-state index contributed by atoms with van der Waals surface area (Å²) in [5.41, 5.74) is 5.01. The highest BCUT2D eigenvalue weighted by molar-refractivity contribution is 7.12. The van der Waals surface area contributed by atoms with E-state index in [9.17, 15) is 9.59 Å². The molecule has 0 unspecified atom stereocenters. The fourth-order valence-electron chi connectivity index (χ4n) is 4.31. The zero-order chi connectivity index (χ0) is 23.3. The van der Waals surface area contributed by atoms with Gasteiger partial charge in [0.25, 0.3) is 5.91 Å². The fraction of sp³-hybridized carbons (Fsp3) is 0.143. The molecule has 4 aromatic rings. The molecule has 1 aliphatic heterocycles. The van der Waals surface area contributed by atoms with Gasteiger partial charge >= 0.3 is 6.03 Å². The second-order valence-corrected chi connectivity index (χ2v) is 9.24. The number of hydrogen-bond acceptors (Lipinski definition) is 3. The number of nitrogens with zero attached hydrogens (tertiary/aromatic N) is 1. The first-order chi connectivity index (χ1) is 16.7. The van der Waals surface area contributed by atoms with Gasteiger partial charge in [-0.05, 0) is 52.3 Å². The number of fused-ring (bicyclic) bond motifs is 1. The molecule has 0 atom stereocenters. The Kier molecular flexibility index (Phi) is 6.40. The van der Waals surface area contributed by atoms with Crippen LogP contribution in [0, 0.1) is 0 Å². The van der Waals surface area contributed by atoms with E-state index in [1.165, 1.54) is 16.9 Å². The highest BCUT2D eigenvalue weighted by Crippen LogP contribution is 2.26. The summed E-state index contributed by atoms with van der Waals surface area (Å²) in [5.74, 6) is 0.0605. The largest absolute Gasteiger partial charge is 0.333 e. The number of carbonyl (C=O) groups is 2. The second-order valence-electron chi connectivity index (χ2n) is 8.29. The van der Waals surface area contributed by atoms with Gasteiger partial charge in [0.15, 0.2) is 0 Å². The van der Waals surface area contributed by atoms with Crippen molar-refractivity contribution in [3.8, 4) is 0 Å². The maximum Gasteiger partial charge on any atom is 0.319 e. The fourth-order valence-corrected chi connectivity index (χ4v) is 5.00. The zero-order valence-corrected chi connectivity index (χ0v) is 19.4. The minimum atomic E-state index is -0.278. The maximum atomic E-state index is 13.0. The number of carbonyl (C=O) groups excluding carboxylic acids is 2. The lowest BCUT2D eigenvalue weighted by atomic mass is 9.98. The lowest BCUT2D eigenvalue weighted by molar-refractivity contribution is 0.0739. The molecule has 170 valence electrons. The van der Waals surface area contributed by atoms with Crippen molar-refractivity contribution in [2.45, 2.75) is 19.0 Å². The molecular formula is C28H25N3O2S. The standard InChI is InChI=1S/C28H25N3O2S/c32-27(25-12-7-17-34-25)31-16-15-20-13-14-24(18-23(20)19-31)29-28(33)30-26(21-8-3-1-4-9-21)22-10-5-2-6-11-22/h1-14,17-18,26H,15-16,19H2,(H2,29,30,33). The van der Waals surface area contributed by atoms with Gasteiger partial charge in [-0.1, -0.05) is 72.8 Å². The third-order valence-corrected chi connectivity index (χ3v) is 6.89. The number of benzene rings is 3. The summed E-state index contributed by atoms with van der Waals surface area (Å²) in [4.78, 5) is 28.4. The van der Waals surface area contributed by atoms with Crippen LogP contribution in [0.2, 0.25) is 0 Å². The van der Waals surface area contributed by atoms with E-state index in [4.69, 9.17) is 0 Å². The van der Waals surface area contributed by atoms with Crippen molar-refractivity contribution >= 4 is 29.0 Å². The van der Waals surface area contributed by atoms with Crippen LogP contribution in [-0.2, 0) is 13.0 Å². The van der Waals surface area contributed by atoms with Crippen LogP contribution >= 0.6 is 11.3 Å². The molecule has 0 spiro atoms. The van der Waals surface area contributed by atoms with E-state index in [0.717, 1.165) is 28.0 Å². The second kappa shape index (κ2) is 9.93. The van der Waals surface area contributed by atoms with Crippen LogP contribution < -0.4 is 10.6 Å². The first-order valence-electron chi connectivity index (χ1n) is 11.3. The molecule has 6 heteroatoms. The molecule has 0 fully saturated rings. The van der Waals surface area contributed by atoms with E-state index in [1.54, 1.807) is 0 Å². The van der Waals surface area contributed by atoms with Gasteiger partial charge in [0, 0.05) is 18.8 Å². The molecular weight excluding hydrogens is 442 g/mol. The SMILES string of the molecule is O=C(Nc1ccc2c(c1)CN(C(=O)c1cccs1)CC2)NC(c1ccccc1)c1ccccc1. The van der Waals surface area contributed by atoms with Crippen molar-refractivity contribution in [3.05, 3.63) is 124 Å². The molecule has 1 aliphatic rings. The third-order valence-electron chi connectivity index (χ3n) is 6.04. The van der Waals surface area contributed by atoms with Gasteiger partial charge in [-0.25, -0.2) is 4.79 Å². The molecule has 0 saturated carbocycles. The topological polar surface area (TPSA) is 61.4 Å². The van der Waals surface area contributed by atoms with Crippen LogP contribution in [0.3, 0.4) is 0 Å². The van der Waals surface area contributed by atoms with Gasteiger partial charge in [0.2, 0.25) is 0 Å². The number of anilines is 1. The van der Waals surface area contributed by atoms with Gasteiger partial charge in [-0.15, -0.1) is 11.3 Å². The van der Waals surface area contributed by atoms with Crippen molar-refractivity contribution < 1.29 is 9.59 Å². The summed E-state index contributed by atoms with van der Waals surface area (Å²) in [7, 11) is 0. The maximum absolute atomic E-state index is 13.0. The first kappa shape index (κ1) is 21.9. The van der Waals surface area contributed by atoms with Crippen LogP contribution in [0.4, 0.5) is 10.5 Å². The molecule has 5 rings (SSSR count). The Balaban J connectivity index is 1.30. The van der Waals surface area contributed by atoms with E-state index < -0.39 is 0 Å². The minimum Gasteiger partial charge on any atom is -0.333 e. The summed E-state index contributed by atoms with van der Waals surface area (Å²) in [6.45, 7) is 1.24. The van der Waals surface area contributed by atoms with Gasteiger partial charge in [-0.2, -0.15) is 0 Å². The number of hydrogen-bond donors (Lipinski definition) is 2. The number of amides is 3. The highest BCUT2D eigenvalue weighted by Gasteiger charge is 2.23. The van der Waals surface area contributed by atoms with Crippen molar-refractivity contribution in [2.75, 3.05) is 11.9 Å². The summed E-state index contributed by atoms with van der Waals surface area (Å²) in [6, 6.07) is 29.0. The number of rotatable bonds is 5. The van der Waals surface area contributed by atoms with E-state index >= 15 is 0 Å². The average Bonchev–Trinajstić information content (AvgIpc) is 3.42. The van der Waals surface area contributed by atoms with Crippen molar-refractivity contribution in [3.63, 3.8) is 0 Å². The first-order valence-corrected chi connectivity index (χ1v) is 12.2. The van der Waals surface area contributed by atoms with E-state index in [1.807, 2.05) is 101 Å². The minimum absolute atomic E-state index is 0.0605. The van der Waals surface area contributed by atoms with E-state index in [0.29, 0.717) is 18.8 Å². The zero-order valence-electron chi connectivity index (χ0n) is 18.6. The molecule has 2 N–H and O–H groups in total. The monoisotopic (exact) mass is 467 g/mol. The van der Waals surface area contributed by atoms with Gasteiger partial charge in [0.1, 0.15) is 0 Å². The lowest BCUT2D eigenvalue weighted by Crippen LogP contribution is -2.36. The molecule has 3 aromatic carbocycles. The van der Waals surface area contributed by atoms with Crippen molar-refractivity contribution in [1.82, 2.24) is 10.2 Å². The molecule has 3 amide bonds. The number of urea groups is 1. The molecule has 5 nitrogen and oxygen atoms in total. The molecule has 0 radical (unpaired) electrons. The number of thiophene rings is 1. The molecule has 34 heavy (non-hydrogen) atoms. The Hall–Kier alpha value is -3.90. The average molecular weight is 468 g/mol. The number of nitrogens with one attached hydrogen (secondary N) is 2. The Morgan fingerprint density at radius 2 is 1.53 bits per heavy atom. The third kappa shape index (κ3) is 4.87. The molecule has 2 heterocycles. The van der Waals surface area contributed by atoms with Crippen LogP contribution in [-0.4, -0.2) is 23.4 Å². The lowest BCUT2D eigenvalue weighted by Gasteiger charge is -2.29. The van der Waals surface area contributed by atoms with Crippen molar-refractivity contribution in [1.29, 1.82) is 0 Å². The smallest absolute Gasteiger partial charge is 0.319 e. The van der Waals surface area contributed by atoms with Crippen molar-refractivity contribution in [2.24, 2.45) is 0 Å². The molecule has 0 bridgehead atoms. The summed E-state index contributed by atoms with van der Waals surface area (Å²) < 4.78 is 0. The highest BCUT2D eigenvalue weighted by atomic mass is 32.1. The van der Waals surface area contributed by atoms with Crippen LogP contribution in [0.15, 0.2) is 96.4 Å². The van der Waals surface area contributed by atoms with Crippen LogP contribution in [0.25, 0.3) is 0 Å². The van der Waals surface area contributed by atoms with Crippen LogP contribution in [0.5, 0.6) is 0 Å². The van der Waals surface area contributed by atoms with E-state index in [2.05, 4.69) is 10.6 Å². The summed E-state index contributed by atoms with van der Waals surface area (Å²) in [5, 5.41) is 8.01. The van der Waals surface area contributed by atoms with Gasteiger partial charge < -0.3 is 15.5 Å². The Bertz CT molecular complexity index is 1230. The van der Waals surface area contributed by atoms with Gasteiger partial charge in [0.05, 0.1) is 10.9 Å². The predicted octanol–water partition coefficient (Wildman–Crippen LogP) is 5.86. The molecule has 0 aliphatic carbocycles. The Labute approximate surface area is 203 Å². The Morgan fingerprint density at radius 3 is 2.18 bits per heavy atom. The quantitative estimate of drug-likeness (QED) is 0.386. The molecule has 1 aromatic heterocycles. The summed E-state index contributed by atoms with van der Waals surface area (Å²) in [6.07, 6.45) is 0.809. The predicted molar refractivity (Wildman–Crippen MR) is 136 cm³/mol. The summed E-state index contributed by atoms with van der Waals surface area (Å²) >= 11 is 1.46. The van der Waals surface area contributed by atoms with Crippen LogP contribution in [0.1, 0.15) is 38.0 Å². The molecule has 0 saturated heterocycles. The normalized spacial score (nSPS) is 12.8. The Morgan fingerprint density at radius 1 is 0.824 bits per heavy atom.